The van der Waals surface area contributed by atoms with Crippen LogP contribution >= 0.6 is 0 Å². The first-order valence-corrected chi connectivity index (χ1v) is 19.9. The molecule has 4 aromatic carbocycles. The summed E-state index contributed by atoms with van der Waals surface area (Å²) in [5, 5.41) is 1.13. The first-order valence-electron chi connectivity index (χ1n) is 19.9. The Morgan fingerprint density at radius 3 is 1.56 bits per heavy atom. The second kappa shape index (κ2) is 18.7. The average molecular weight is 748 g/mol. The molecule has 55 heavy (non-hydrogen) atoms. The molecule has 0 unspecified atom stereocenters. The molecule has 0 spiro atoms. The summed E-state index contributed by atoms with van der Waals surface area (Å²) < 4.78 is 38.0. The van der Waals surface area contributed by atoms with E-state index in [1.807, 2.05) is 18.2 Å². The van der Waals surface area contributed by atoms with Crippen LogP contribution in [0.15, 0.2) is 78.9 Å². The third-order valence-corrected chi connectivity index (χ3v) is 11.1. The van der Waals surface area contributed by atoms with Gasteiger partial charge in [-0.3, -0.25) is 9.80 Å². The second-order valence-electron chi connectivity index (χ2n) is 14.7. The highest BCUT2D eigenvalue weighted by molar-refractivity contribution is 5.94. The molecule has 2 fully saturated rings. The van der Waals surface area contributed by atoms with Crippen molar-refractivity contribution in [3.63, 3.8) is 0 Å². The van der Waals surface area contributed by atoms with E-state index < -0.39 is 0 Å². The van der Waals surface area contributed by atoms with Crippen molar-refractivity contribution in [2.45, 2.75) is 51.5 Å². The van der Waals surface area contributed by atoms with Crippen LogP contribution in [0.25, 0.3) is 22.2 Å². The molecule has 2 saturated heterocycles. The first-order chi connectivity index (χ1) is 27.1. The van der Waals surface area contributed by atoms with Crippen molar-refractivity contribution in [3.05, 3.63) is 95.6 Å². The van der Waals surface area contributed by atoms with Gasteiger partial charge in [0.15, 0.2) is 11.5 Å². The summed E-state index contributed by atoms with van der Waals surface area (Å²) in [4.78, 5) is 5.01. The molecule has 0 amide bonds. The lowest BCUT2D eigenvalue weighted by Crippen LogP contribution is -2.33. The van der Waals surface area contributed by atoms with Crippen molar-refractivity contribution >= 4 is 10.9 Å². The van der Waals surface area contributed by atoms with Gasteiger partial charge in [-0.2, -0.15) is 0 Å². The van der Waals surface area contributed by atoms with Crippen molar-refractivity contribution in [3.8, 4) is 45.8 Å². The molecule has 1 aromatic heterocycles. The van der Waals surface area contributed by atoms with Crippen LogP contribution in [0.1, 0.15) is 55.2 Å². The van der Waals surface area contributed by atoms with Gasteiger partial charge in [0, 0.05) is 42.5 Å². The van der Waals surface area contributed by atoms with Gasteiger partial charge < -0.3 is 33.0 Å². The minimum Gasteiger partial charge on any atom is -0.497 e. The van der Waals surface area contributed by atoms with Crippen molar-refractivity contribution in [2.24, 2.45) is 0 Å². The Kier molecular flexibility index (Phi) is 13.0. The van der Waals surface area contributed by atoms with Crippen LogP contribution in [0.5, 0.6) is 34.5 Å². The number of ether oxygens (including phenoxy) is 6. The molecule has 3 heterocycles. The monoisotopic (exact) mass is 747 g/mol. The number of benzene rings is 4. The van der Waals surface area contributed by atoms with Crippen LogP contribution in [0.2, 0.25) is 0 Å². The largest absolute Gasteiger partial charge is 0.497 e. The zero-order valence-electron chi connectivity index (χ0n) is 33.1. The average Bonchev–Trinajstić information content (AvgIpc) is 3.53. The number of rotatable bonds is 17. The number of nitrogens with zero attached hydrogens (tertiary/aromatic N) is 3. The van der Waals surface area contributed by atoms with Gasteiger partial charge >= 0.3 is 0 Å². The Labute approximate surface area is 326 Å². The number of hydrogen-bond donors (Lipinski definition) is 0. The van der Waals surface area contributed by atoms with E-state index in [-0.39, 0.29) is 0 Å². The molecule has 5 aromatic rings. The maximum Gasteiger partial charge on any atom is 0.203 e. The summed E-state index contributed by atoms with van der Waals surface area (Å²) >= 11 is 0. The number of hydrogen-bond acceptors (Lipinski definition) is 8. The molecule has 2 aliphatic rings. The molecule has 0 radical (unpaired) electrons. The molecule has 292 valence electrons. The number of aromatic nitrogens is 1. The lowest BCUT2D eigenvalue weighted by atomic mass is 9.97. The molecule has 0 aliphatic carbocycles. The Morgan fingerprint density at radius 1 is 0.527 bits per heavy atom. The van der Waals surface area contributed by atoms with Gasteiger partial charge in [-0.15, -0.1) is 0 Å². The topological polar surface area (TPSA) is 66.8 Å². The number of likely N-dealkylation sites (tertiary alicyclic amines) is 2. The van der Waals surface area contributed by atoms with Gasteiger partial charge in [0.1, 0.15) is 30.5 Å². The van der Waals surface area contributed by atoms with Crippen molar-refractivity contribution in [1.82, 2.24) is 14.4 Å². The summed E-state index contributed by atoms with van der Waals surface area (Å²) in [6.07, 6.45) is 8.52. The van der Waals surface area contributed by atoms with Gasteiger partial charge in [-0.05, 0) is 123 Å². The quantitative estimate of drug-likeness (QED) is 0.0937. The molecule has 9 nitrogen and oxygen atoms in total. The fourth-order valence-electron chi connectivity index (χ4n) is 8.15. The van der Waals surface area contributed by atoms with Crippen molar-refractivity contribution < 1.29 is 28.4 Å². The standard InChI is InChI=1S/C46H57N3O6/c1-50-39-19-20-42-40(32-39)41(29-34-11-15-37(16-12-34)54-27-25-47-21-7-5-8-22-47)45(36-30-43(51-2)46(53-4)44(31-36)52-3)49(42)33-35-13-17-38(18-14-35)55-28-26-48-23-9-6-10-24-48/h11-20,30-32H,5-10,21-29,33H2,1-4H3. The van der Waals surface area contributed by atoms with Gasteiger partial charge in [0.05, 0.1) is 34.1 Å². The molecule has 0 bridgehead atoms. The van der Waals surface area contributed by atoms with E-state index in [1.165, 1.54) is 81.4 Å². The van der Waals surface area contributed by atoms with E-state index in [1.54, 1.807) is 28.4 Å². The maximum absolute atomic E-state index is 6.20. The lowest BCUT2D eigenvalue weighted by molar-refractivity contribution is 0.183. The van der Waals surface area contributed by atoms with Gasteiger partial charge in [0.25, 0.3) is 0 Å². The van der Waals surface area contributed by atoms with Gasteiger partial charge in [-0.1, -0.05) is 37.1 Å². The van der Waals surface area contributed by atoms with Crippen molar-refractivity contribution in [2.75, 3.05) is 80.9 Å². The third-order valence-electron chi connectivity index (χ3n) is 11.1. The summed E-state index contributed by atoms with van der Waals surface area (Å²) in [5.41, 5.74) is 6.69. The van der Waals surface area contributed by atoms with Crippen molar-refractivity contribution in [1.29, 1.82) is 0 Å². The van der Waals surface area contributed by atoms with E-state index in [2.05, 4.69) is 75.0 Å². The minimum atomic E-state index is 0.561. The number of piperidine rings is 2. The molecule has 2 aliphatic heterocycles. The van der Waals surface area contributed by atoms with Crippen LogP contribution < -0.4 is 28.4 Å². The number of methoxy groups -OCH3 is 4. The van der Waals surface area contributed by atoms with Gasteiger partial charge in [-0.25, -0.2) is 0 Å². The highest BCUT2D eigenvalue weighted by Gasteiger charge is 2.24. The van der Waals surface area contributed by atoms with Crippen LogP contribution in [0, 0.1) is 0 Å². The highest BCUT2D eigenvalue weighted by Crippen LogP contribution is 2.45. The predicted molar refractivity (Wildman–Crippen MR) is 220 cm³/mol. The third kappa shape index (κ3) is 9.34. The first kappa shape index (κ1) is 38.4. The summed E-state index contributed by atoms with van der Waals surface area (Å²) in [5.74, 6) is 4.38. The van der Waals surface area contributed by atoms with E-state index in [0.717, 1.165) is 52.5 Å². The summed E-state index contributed by atoms with van der Waals surface area (Å²) in [7, 11) is 6.68. The molecule has 0 saturated carbocycles. The zero-order valence-corrected chi connectivity index (χ0v) is 33.1. The van der Waals surface area contributed by atoms with E-state index in [4.69, 9.17) is 28.4 Å². The molecular formula is C46H57N3O6. The fraction of sp³-hybridized carbons (Fsp3) is 0.435. The molecule has 0 atom stereocenters. The van der Waals surface area contributed by atoms with Crippen LogP contribution in [0.3, 0.4) is 0 Å². The lowest BCUT2D eigenvalue weighted by Gasteiger charge is -2.26. The van der Waals surface area contributed by atoms with Crippen LogP contribution in [0.4, 0.5) is 0 Å². The zero-order chi connectivity index (χ0) is 38.0. The Morgan fingerprint density at radius 2 is 1.05 bits per heavy atom. The fourth-order valence-corrected chi connectivity index (χ4v) is 8.15. The SMILES string of the molecule is COc1ccc2c(c1)c(Cc1ccc(OCCN3CCCCC3)cc1)c(-c1cc(OC)c(OC)c(OC)c1)n2Cc1ccc(OCCN2CCCCC2)cc1. The van der Waals surface area contributed by atoms with Crippen LogP contribution in [-0.4, -0.2) is 95.3 Å². The van der Waals surface area contributed by atoms with E-state index in [9.17, 15) is 0 Å². The molecule has 0 N–H and O–H groups in total. The highest BCUT2D eigenvalue weighted by atomic mass is 16.5. The normalized spacial score (nSPS) is 15.2. The molecule has 9 heteroatoms. The molecule has 7 rings (SSSR count). The Bertz CT molecular complexity index is 1950. The number of fused-ring (bicyclic) bond motifs is 1. The minimum absolute atomic E-state index is 0.561. The van der Waals surface area contributed by atoms with Crippen LogP contribution in [-0.2, 0) is 13.0 Å². The Hall–Kier alpha value is -4.86. The van der Waals surface area contributed by atoms with Gasteiger partial charge in [0.2, 0.25) is 5.75 Å². The summed E-state index contributed by atoms with van der Waals surface area (Å²) in [6, 6.07) is 27.5. The summed E-state index contributed by atoms with van der Waals surface area (Å²) in [6.45, 7) is 8.68. The second-order valence-corrected chi connectivity index (χ2v) is 14.7. The van der Waals surface area contributed by atoms with E-state index >= 15 is 0 Å². The Balaban J connectivity index is 1.22. The maximum atomic E-state index is 6.20. The van der Waals surface area contributed by atoms with E-state index in [0.29, 0.717) is 43.4 Å². The predicted octanol–water partition coefficient (Wildman–Crippen LogP) is 8.71. The molecular weight excluding hydrogens is 691 g/mol. The smallest absolute Gasteiger partial charge is 0.203 e.